The predicted molar refractivity (Wildman–Crippen MR) is 190 cm³/mol. The number of amides is 2. The van der Waals surface area contributed by atoms with Gasteiger partial charge >= 0.3 is 0 Å². The minimum atomic E-state index is -4.20. The second-order valence-electron chi connectivity index (χ2n) is 11.9. The van der Waals surface area contributed by atoms with Crippen LogP contribution < -0.4 is 9.62 Å². The number of carbonyl (C=O) groups is 2. The molecule has 248 valence electrons. The first-order valence-corrected chi connectivity index (χ1v) is 17.8. The fraction of sp³-hybridized carbons (Fsp3) is 0.297. The van der Waals surface area contributed by atoms with Crippen LogP contribution in [-0.2, 0) is 39.0 Å². The second-order valence-corrected chi connectivity index (χ2v) is 14.6. The number of nitrogens with one attached hydrogen (secondary N) is 1. The van der Waals surface area contributed by atoms with Crippen molar-refractivity contribution >= 4 is 50.7 Å². The van der Waals surface area contributed by atoms with E-state index in [1.165, 1.54) is 4.90 Å². The Morgan fingerprint density at radius 3 is 2.15 bits per heavy atom. The molecule has 4 rings (SSSR count). The molecule has 0 saturated heterocycles. The van der Waals surface area contributed by atoms with E-state index in [1.807, 2.05) is 70.2 Å². The van der Waals surface area contributed by atoms with Gasteiger partial charge in [-0.25, -0.2) is 8.42 Å². The van der Waals surface area contributed by atoms with E-state index in [9.17, 15) is 18.0 Å². The van der Waals surface area contributed by atoms with Gasteiger partial charge in [-0.15, -0.1) is 0 Å². The van der Waals surface area contributed by atoms with Gasteiger partial charge in [0.15, 0.2) is 0 Å². The molecule has 0 aromatic heterocycles. The molecule has 4 aromatic carbocycles. The largest absolute Gasteiger partial charge is 0.354 e. The molecular formula is C37H41Cl2N3O4S. The van der Waals surface area contributed by atoms with Crippen LogP contribution in [0.25, 0.3) is 0 Å². The first-order chi connectivity index (χ1) is 22.4. The van der Waals surface area contributed by atoms with Crippen LogP contribution in [0.2, 0.25) is 10.0 Å². The average molecular weight is 695 g/mol. The SMILES string of the molecule is CCc1ccccc1N(CC(=O)N(Cc1ccc(Cl)cc1Cl)[C@@H](Cc1ccccc1)C(=O)NCC(C)C)S(=O)(=O)c1ccc(C)cc1. The zero-order valence-electron chi connectivity index (χ0n) is 27.1. The molecule has 7 nitrogen and oxygen atoms in total. The van der Waals surface area contributed by atoms with E-state index in [0.29, 0.717) is 34.3 Å². The molecule has 47 heavy (non-hydrogen) atoms. The van der Waals surface area contributed by atoms with Crippen molar-refractivity contribution in [3.63, 3.8) is 0 Å². The summed E-state index contributed by atoms with van der Waals surface area (Å²) in [4.78, 5) is 30.1. The number of halogens is 2. The van der Waals surface area contributed by atoms with Crippen LogP contribution in [0.4, 0.5) is 5.69 Å². The molecular weight excluding hydrogens is 653 g/mol. The Morgan fingerprint density at radius 1 is 0.851 bits per heavy atom. The van der Waals surface area contributed by atoms with Crippen molar-refractivity contribution in [2.45, 2.75) is 58.0 Å². The van der Waals surface area contributed by atoms with Crippen LogP contribution >= 0.6 is 23.2 Å². The summed E-state index contributed by atoms with van der Waals surface area (Å²) in [7, 11) is -4.20. The van der Waals surface area contributed by atoms with Crippen molar-refractivity contribution in [3.8, 4) is 0 Å². The number of nitrogens with zero attached hydrogens (tertiary/aromatic N) is 2. The highest BCUT2D eigenvalue weighted by Gasteiger charge is 2.35. The number of rotatable bonds is 14. The number of anilines is 1. The topological polar surface area (TPSA) is 86.8 Å². The molecule has 2 amide bonds. The summed E-state index contributed by atoms with van der Waals surface area (Å²) in [5.74, 6) is -0.729. The van der Waals surface area contributed by atoms with Crippen LogP contribution in [0.1, 0.15) is 43.0 Å². The lowest BCUT2D eigenvalue weighted by atomic mass is 10.0. The summed E-state index contributed by atoms with van der Waals surface area (Å²) in [6.45, 7) is 7.61. The van der Waals surface area contributed by atoms with Gasteiger partial charge in [-0.2, -0.15) is 0 Å². The molecule has 0 unspecified atom stereocenters. The maximum absolute atomic E-state index is 14.7. The number of carbonyl (C=O) groups excluding carboxylic acids is 2. The zero-order valence-corrected chi connectivity index (χ0v) is 29.4. The number of hydrogen-bond donors (Lipinski definition) is 1. The van der Waals surface area contributed by atoms with E-state index in [4.69, 9.17) is 23.2 Å². The van der Waals surface area contributed by atoms with Gasteiger partial charge in [0.25, 0.3) is 10.0 Å². The average Bonchev–Trinajstić information content (AvgIpc) is 3.05. The van der Waals surface area contributed by atoms with Crippen LogP contribution in [0.5, 0.6) is 0 Å². The quantitative estimate of drug-likeness (QED) is 0.148. The molecule has 0 aliphatic carbocycles. The third-order valence-electron chi connectivity index (χ3n) is 7.84. The van der Waals surface area contributed by atoms with Crippen molar-refractivity contribution in [3.05, 3.63) is 129 Å². The summed E-state index contributed by atoms with van der Waals surface area (Å²) in [6.07, 6.45) is 0.751. The summed E-state index contributed by atoms with van der Waals surface area (Å²) in [6, 6.07) is 27.1. The minimum Gasteiger partial charge on any atom is -0.354 e. The molecule has 4 aromatic rings. The summed E-state index contributed by atoms with van der Waals surface area (Å²) in [5, 5.41) is 3.75. The van der Waals surface area contributed by atoms with Gasteiger partial charge in [0.05, 0.1) is 10.6 Å². The van der Waals surface area contributed by atoms with E-state index in [-0.39, 0.29) is 29.7 Å². The van der Waals surface area contributed by atoms with Gasteiger partial charge in [-0.3, -0.25) is 13.9 Å². The summed E-state index contributed by atoms with van der Waals surface area (Å²) >= 11 is 12.8. The van der Waals surface area contributed by atoms with Crippen molar-refractivity contribution < 1.29 is 18.0 Å². The number of para-hydroxylation sites is 1. The predicted octanol–water partition coefficient (Wildman–Crippen LogP) is 7.47. The maximum atomic E-state index is 14.7. The van der Waals surface area contributed by atoms with Crippen LogP contribution in [0.15, 0.2) is 102 Å². The Kier molecular flexibility index (Phi) is 12.5. The van der Waals surface area contributed by atoms with E-state index in [0.717, 1.165) is 21.0 Å². The lowest BCUT2D eigenvalue weighted by Gasteiger charge is -2.34. The van der Waals surface area contributed by atoms with Gasteiger partial charge in [0.2, 0.25) is 11.8 Å². The molecule has 0 saturated carbocycles. The van der Waals surface area contributed by atoms with E-state index in [1.54, 1.807) is 54.6 Å². The summed E-state index contributed by atoms with van der Waals surface area (Å²) in [5.41, 5.74) is 3.48. The molecule has 0 heterocycles. The zero-order chi connectivity index (χ0) is 34.1. The van der Waals surface area contributed by atoms with Crippen LogP contribution in [0.3, 0.4) is 0 Å². The fourth-order valence-corrected chi connectivity index (χ4v) is 7.13. The van der Waals surface area contributed by atoms with Crippen LogP contribution in [0, 0.1) is 12.8 Å². The normalized spacial score (nSPS) is 12.1. The highest BCUT2D eigenvalue weighted by atomic mass is 35.5. The Hall–Kier alpha value is -3.85. The Labute approximate surface area is 288 Å². The molecule has 10 heteroatoms. The van der Waals surface area contributed by atoms with Gasteiger partial charge in [0, 0.05) is 29.6 Å². The lowest BCUT2D eigenvalue weighted by Crippen LogP contribution is -2.53. The monoisotopic (exact) mass is 693 g/mol. The second kappa shape index (κ2) is 16.3. The molecule has 0 spiro atoms. The third kappa shape index (κ3) is 9.37. The first-order valence-electron chi connectivity index (χ1n) is 15.6. The lowest BCUT2D eigenvalue weighted by molar-refractivity contribution is -0.140. The fourth-order valence-electron chi connectivity index (χ4n) is 5.21. The molecule has 1 N–H and O–H groups in total. The number of sulfonamides is 1. The number of hydrogen-bond acceptors (Lipinski definition) is 4. The third-order valence-corrected chi connectivity index (χ3v) is 10.2. The maximum Gasteiger partial charge on any atom is 0.264 e. The van der Waals surface area contributed by atoms with Crippen molar-refractivity contribution in [2.24, 2.45) is 5.92 Å². The molecule has 1 atom stereocenters. The highest BCUT2D eigenvalue weighted by Crippen LogP contribution is 2.29. The number of aryl methyl sites for hydroxylation is 2. The molecule has 0 bridgehead atoms. The van der Waals surface area contributed by atoms with E-state index in [2.05, 4.69) is 5.32 Å². The molecule has 0 aliphatic heterocycles. The van der Waals surface area contributed by atoms with Crippen LogP contribution in [-0.4, -0.2) is 44.3 Å². The Balaban J connectivity index is 1.84. The molecule has 0 fully saturated rings. The smallest absolute Gasteiger partial charge is 0.264 e. The van der Waals surface area contributed by atoms with E-state index < -0.39 is 28.5 Å². The highest BCUT2D eigenvalue weighted by molar-refractivity contribution is 7.92. The van der Waals surface area contributed by atoms with Gasteiger partial charge < -0.3 is 10.2 Å². The number of benzene rings is 4. The summed E-state index contributed by atoms with van der Waals surface area (Å²) < 4.78 is 29.8. The molecule has 0 radical (unpaired) electrons. The first kappa shape index (κ1) is 36.0. The standard InChI is InChI=1S/C37H41Cl2N3O4S/c1-5-29-13-9-10-14-34(29)42(47(45,46)32-19-15-27(4)16-20-32)25-36(43)41(24-30-17-18-31(38)22-33(30)39)35(37(44)40-23-26(2)3)21-28-11-7-6-8-12-28/h6-20,22,26,35H,5,21,23-25H2,1-4H3,(H,40,44)/t35-/m0/s1. The van der Waals surface area contributed by atoms with Crippen molar-refractivity contribution in [1.82, 2.24) is 10.2 Å². The van der Waals surface area contributed by atoms with Crippen molar-refractivity contribution in [1.29, 1.82) is 0 Å². The Morgan fingerprint density at radius 2 is 1.51 bits per heavy atom. The Bertz CT molecular complexity index is 1780. The molecule has 0 aliphatic rings. The van der Waals surface area contributed by atoms with Gasteiger partial charge in [0.1, 0.15) is 12.6 Å². The van der Waals surface area contributed by atoms with Gasteiger partial charge in [-0.1, -0.05) is 116 Å². The van der Waals surface area contributed by atoms with Crippen molar-refractivity contribution in [2.75, 3.05) is 17.4 Å². The van der Waals surface area contributed by atoms with E-state index >= 15 is 0 Å². The minimum absolute atomic E-state index is 0.0464. The van der Waals surface area contributed by atoms with Gasteiger partial charge in [-0.05, 0) is 66.3 Å².